The second-order valence-corrected chi connectivity index (χ2v) is 7.54. The van der Waals surface area contributed by atoms with E-state index in [1.54, 1.807) is 7.11 Å². The van der Waals surface area contributed by atoms with Crippen molar-refractivity contribution in [2.75, 3.05) is 33.4 Å². The van der Waals surface area contributed by atoms with E-state index in [9.17, 15) is 4.79 Å². The maximum Gasteiger partial charge on any atom is 0.256 e. The number of methoxy groups -OCH3 is 1. The van der Waals surface area contributed by atoms with Gasteiger partial charge < -0.3 is 19.4 Å². The van der Waals surface area contributed by atoms with Crippen LogP contribution in [0.25, 0.3) is 22.0 Å². The molecule has 152 valence electrons. The number of rotatable bonds is 7. The van der Waals surface area contributed by atoms with E-state index in [1.165, 1.54) is 32.4 Å². The Hall–Kier alpha value is -2.79. The standard InChI is InChI=1S/C24H28N2O3/c1-28-19-10-7-9-18(17-19)22-23(20-11-3-4-12-21(20)24(27)25-22)29-16-8-15-26-13-5-2-6-14-26/h3-4,7,9-12,17H,2,5-6,8,13-16H2,1H3,(H,25,27). The van der Waals surface area contributed by atoms with Crippen molar-refractivity contribution in [1.29, 1.82) is 0 Å². The van der Waals surface area contributed by atoms with Gasteiger partial charge in [0.05, 0.1) is 24.8 Å². The summed E-state index contributed by atoms with van der Waals surface area (Å²) < 4.78 is 11.6. The number of ether oxygens (including phenoxy) is 2. The molecule has 5 nitrogen and oxygen atoms in total. The minimum absolute atomic E-state index is 0.112. The number of benzene rings is 2. The number of aromatic nitrogens is 1. The Morgan fingerprint density at radius 3 is 2.59 bits per heavy atom. The van der Waals surface area contributed by atoms with Crippen LogP contribution >= 0.6 is 0 Å². The number of H-pyrrole nitrogens is 1. The Balaban J connectivity index is 1.62. The fourth-order valence-electron chi connectivity index (χ4n) is 4.03. The molecule has 1 fully saturated rings. The van der Waals surface area contributed by atoms with Gasteiger partial charge in [-0.15, -0.1) is 0 Å². The average molecular weight is 392 g/mol. The number of nitrogens with zero attached hydrogens (tertiary/aromatic N) is 1. The van der Waals surface area contributed by atoms with E-state index in [-0.39, 0.29) is 5.56 Å². The highest BCUT2D eigenvalue weighted by Gasteiger charge is 2.15. The normalized spacial score (nSPS) is 14.8. The fourth-order valence-corrected chi connectivity index (χ4v) is 4.03. The summed E-state index contributed by atoms with van der Waals surface area (Å²) in [5.41, 5.74) is 1.46. The minimum atomic E-state index is -0.112. The second-order valence-electron chi connectivity index (χ2n) is 7.54. The van der Waals surface area contributed by atoms with Crippen molar-refractivity contribution in [3.05, 3.63) is 58.9 Å². The van der Waals surface area contributed by atoms with Crippen molar-refractivity contribution in [3.8, 4) is 22.8 Å². The highest BCUT2D eigenvalue weighted by molar-refractivity contribution is 5.93. The van der Waals surface area contributed by atoms with Gasteiger partial charge in [0, 0.05) is 17.5 Å². The van der Waals surface area contributed by atoms with Crippen LogP contribution in [-0.2, 0) is 0 Å². The topological polar surface area (TPSA) is 54.6 Å². The Morgan fingerprint density at radius 2 is 1.79 bits per heavy atom. The van der Waals surface area contributed by atoms with Crippen LogP contribution in [-0.4, -0.2) is 43.2 Å². The quantitative estimate of drug-likeness (QED) is 0.603. The van der Waals surface area contributed by atoms with E-state index in [0.29, 0.717) is 17.7 Å². The smallest absolute Gasteiger partial charge is 0.256 e. The molecule has 1 aliphatic heterocycles. The van der Waals surface area contributed by atoms with Gasteiger partial charge in [-0.1, -0.05) is 36.8 Å². The molecule has 1 aromatic heterocycles. The summed E-state index contributed by atoms with van der Waals surface area (Å²) in [6.07, 6.45) is 4.90. The molecule has 3 aromatic rings. The molecular formula is C24H28N2O3. The number of fused-ring (bicyclic) bond motifs is 1. The van der Waals surface area contributed by atoms with Crippen molar-refractivity contribution in [1.82, 2.24) is 9.88 Å². The van der Waals surface area contributed by atoms with E-state index < -0.39 is 0 Å². The summed E-state index contributed by atoms with van der Waals surface area (Å²) in [6, 6.07) is 15.3. The van der Waals surface area contributed by atoms with Crippen LogP contribution in [0.4, 0.5) is 0 Å². The van der Waals surface area contributed by atoms with Gasteiger partial charge in [0.2, 0.25) is 0 Å². The maximum absolute atomic E-state index is 12.7. The molecule has 29 heavy (non-hydrogen) atoms. The van der Waals surface area contributed by atoms with E-state index in [2.05, 4.69) is 9.88 Å². The molecular weight excluding hydrogens is 364 g/mol. The summed E-state index contributed by atoms with van der Waals surface area (Å²) >= 11 is 0. The fraction of sp³-hybridized carbons (Fsp3) is 0.375. The summed E-state index contributed by atoms with van der Waals surface area (Å²) in [7, 11) is 1.64. The first-order valence-electron chi connectivity index (χ1n) is 10.4. The lowest BCUT2D eigenvalue weighted by molar-refractivity contribution is 0.205. The predicted octanol–water partition coefficient (Wildman–Crippen LogP) is 4.46. The van der Waals surface area contributed by atoms with Crippen molar-refractivity contribution in [3.63, 3.8) is 0 Å². The van der Waals surface area contributed by atoms with Gasteiger partial charge in [-0.2, -0.15) is 0 Å². The zero-order chi connectivity index (χ0) is 20.1. The molecule has 2 heterocycles. The first-order valence-corrected chi connectivity index (χ1v) is 10.4. The van der Waals surface area contributed by atoms with Gasteiger partial charge in [0.1, 0.15) is 5.75 Å². The van der Waals surface area contributed by atoms with Crippen LogP contribution in [0, 0.1) is 0 Å². The summed E-state index contributed by atoms with van der Waals surface area (Å²) in [5.74, 6) is 1.47. The second kappa shape index (κ2) is 9.14. The molecule has 0 saturated carbocycles. The average Bonchev–Trinajstić information content (AvgIpc) is 2.78. The molecule has 0 spiro atoms. The molecule has 1 saturated heterocycles. The zero-order valence-corrected chi connectivity index (χ0v) is 16.9. The molecule has 5 heteroatoms. The minimum Gasteiger partial charge on any atom is -0.497 e. The summed E-state index contributed by atoms with van der Waals surface area (Å²) in [6.45, 7) is 4.05. The van der Waals surface area contributed by atoms with Crippen LogP contribution in [0.2, 0.25) is 0 Å². The van der Waals surface area contributed by atoms with E-state index in [1.807, 2.05) is 48.5 Å². The lowest BCUT2D eigenvalue weighted by atomic mass is 10.1. The van der Waals surface area contributed by atoms with Gasteiger partial charge >= 0.3 is 0 Å². The van der Waals surface area contributed by atoms with Crippen LogP contribution in [0.3, 0.4) is 0 Å². The molecule has 0 aliphatic carbocycles. The van der Waals surface area contributed by atoms with Gasteiger partial charge in [-0.3, -0.25) is 4.79 Å². The van der Waals surface area contributed by atoms with Crippen molar-refractivity contribution >= 4 is 10.8 Å². The molecule has 4 rings (SSSR count). The van der Waals surface area contributed by atoms with Crippen LogP contribution in [0.15, 0.2) is 53.3 Å². The van der Waals surface area contributed by atoms with Crippen molar-refractivity contribution in [2.24, 2.45) is 0 Å². The molecule has 0 radical (unpaired) electrons. The van der Waals surface area contributed by atoms with Gasteiger partial charge in [-0.05, 0) is 50.6 Å². The number of hydrogen-bond donors (Lipinski definition) is 1. The number of pyridine rings is 1. The summed E-state index contributed by atoms with van der Waals surface area (Å²) in [5, 5.41) is 1.48. The highest BCUT2D eigenvalue weighted by atomic mass is 16.5. The van der Waals surface area contributed by atoms with Gasteiger partial charge in [0.15, 0.2) is 5.75 Å². The number of aromatic amines is 1. The lowest BCUT2D eigenvalue weighted by Crippen LogP contribution is -2.31. The Morgan fingerprint density at radius 1 is 1.00 bits per heavy atom. The SMILES string of the molecule is COc1cccc(-c2[nH]c(=O)c3ccccc3c2OCCCN2CCCCC2)c1. The first-order chi connectivity index (χ1) is 14.3. The lowest BCUT2D eigenvalue weighted by Gasteiger charge is -2.26. The Bertz CT molecular complexity index is 1020. The molecule has 1 aliphatic rings. The largest absolute Gasteiger partial charge is 0.497 e. The van der Waals surface area contributed by atoms with E-state index >= 15 is 0 Å². The van der Waals surface area contributed by atoms with Gasteiger partial charge in [-0.25, -0.2) is 0 Å². The maximum atomic E-state index is 12.7. The molecule has 2 aromatic carbocycles. The van der Waals surface area contributed by atoms with E-state index in [0.717, 1.165) is 35.4 Å². The number of hydrogen-bond acceptors (Lipinski definition) is 4. The number of likely N-dealkylation sites (tertiary alicyclic amines) is 1. The molecule has 0 amide bonds. The number of nitrogens with one attached hydrogen (secondary N) is 1. The third-order valence-electron chi connectivity index (χ3n) is 5.55. The predicted molar refractivity (Wildman–Crippen MR) is 117 cm³/mol. The number of piperidine rings is 1. The van der Waals surface area contributed by atoms with Crippen molar-refractivity contribution < 1.29 is 9.47 Å². The van der Waals surface area contributed by atoms with Crippen LogP contribution in [0.5, 0.6) is 11.5 Å². The zero-order valence-electron chi connectivity index (χ0n) is 16.9. The van der Waals surface area contributed by atoms with Crippen molar-refractivity contribution in [2.45, 2.75) is 25.7 Å². The first kappa shape index (κ1) is 19.5. The molecule has 1 N–H and O–H groups in total. The molecule has 0 unspecified atom stereocenters. The third-order valence-corrected chi connectivity index (χ3v) is 5.55. The third kappa shape index (κ3) is 4.46. The summed E-state index contributed by atoms with van der Waals surface area (Å²) in [4.78, 5) is 18.2. The monoisotopic (exact) mass is 392 g/mol. The van der Waals surface area contributed by atoms with E-state index in [4.69, 9.17) is 9.47 Å². The van der Waals surface area contributed by atoms with Crippen LogP contribution in [0.1, 0.15) is 25.7 Å². The Kier molecular flexibility index (Phi) is 6.15. The van der Waals surface area contributed by atoms with Gasteiger partial charge in [0.25, 0.3) is 5.56 Å². The Labute approximate surface area is 171 Å². The molecule has 0 bridgehead atoms. The highest BCUT2D eigenvalue weighted by Crippen LogP contribution is 2.34. The van der Waals surface area contributed by atoms with Crippen LogP contribution < -0.4 is 15.0 Å². The molecule has 0 atom stereocenters.